The number of nitrogens with zero attached hydrogens (tertiary/aromatic N) is 5. The number of amides is 3. The number of carboxylic acids is 1. The van der Waals surface area contributed by atoms with Crippen molar-refractivity contribution in [2.75, 3.05) is 24.4 Å². The fourth-order valence-electron chi connectivity index (χ4n) is 3.23. The van der Waals surface area contributed by atoms with Gasteiger partial charge in [0.25, 0.3) is 17.5 Å². The molecule has 3 rings (SSSR count). The molecule has 1 fully saturated rings. The summed E-state index contributed by atoms with van der Waals surface area (Å²) in [5.74, 6) is -1.45. The summed E-state index contributed by atoms with van der Waals surface area (Å²) in [5.41, 5.74) is -1.35. The third kappa shape index (κ3) is 4.31. The van der Waals surface area contributed by atoms with E-state index in [-0.39, 0.29) is 11.4 Å². The number of carboxylic acid groups (broad SMARTS) is 1. The van der Waals surface area contributed by atoms with E-state index in [2.05, 4.69) is 26.2 Å². The number of fused-ring (bicyclic) bond motifs is 1. The monoisotopic (exact) mass is 503 g/mol. The van der Waals surface area contributed by atoms with Gasteiger partial charge in [-0.05, 0) is 21.8 Å². The second kappa shape index (κ2) is 10.1. The smallest absolute Gasteiger partial charge is 0.352 e. The number of β-lactam (4-membered cyclic amide) rings is 1. The SMILES string of the molecule is CCSC(NC=O)C(=O)N[C@]1(OC)C(=O)N2C(C(=O)O)=C(CSc3nnnn3C)CS[C@H]21. The van der Waals surface area contributed by atoms with Gasteiger partial charge >= 0.3 is 5.97 Å². The van der Waals surface area contributed by atoms with Crippen molar-refractivity contribution in [2.45, 2.75) is 28.6 Å². The van der Waals surface area contributed by atoms with Crippen molar-refractivity contribution in [2.24, 2.45) is 7.05 Å². The highest BCUT2D eigenvalue weighted by atomic mass is 32.2. The van der Waals surface area contributed by atoms with Gasteiger partial charge in [0, 0.05) is 25.7 Å². The van der Waals surface area contributed by atoms with Crippen molar-refractivity contribution in [1.82, 2.24) is 35.7 Å². The molecule has 3 amide bonds. The lowest BCUT2D eigenvalue weighted by Gasteiger charge is -2.56. The summed E-state index contributed by atoms with van der Waals surface area (Å²) in [6.07, 6.45) is 0.401. The molecule has 3 atom stereocenters. The summed E-state index contributed by atoms with van der Waals surface area (Å²) in [5, 5.41) is 24.7. The standard InChI is InChI=1S/C16H21N7O6S3/c1-4-30-11(17-7-24)10(25)18-16(29-3)13(28)23-9(12(26)27)8(5-31-14(16)23)6-32-15-19-20-21-22(15)2/h7,11,14H,4-6H2,1-3H3,(H,17,24)(H,18,25)(H,26,27)/t11?,14-,16-/m0/s1. The van der Waals surface area contributed by atoms with Crippen molar-refractivity contribution in [1.29, 1.82) is 0 Å². The predicted molar refractivity (Wildman–Crippen MR) is 116 cm³/mol. The maximum atomic E-state index is 13.1. The topological polar surface area (TPSA) is 169 Å². The van der Waals surface area contributed by atoms with E-state index in [1.54, 1.807) is 7.05 Å². The largest absolute Gasteiger partial charge is 0.477 e. The molecule has 1 aromatic heterocycles. The average molecular weight is 504 g/mol. The molecule has 0 saturated carbocycles. The first kappa shape index (κ1) is 24.3. The van der Waals surface area contributed by atoms with Crippen LogP contribution in [-0.4, -0.2) is 95.2 Å². The van der Waals surface area contributed by atoms with Crippen LogP contribution in [0.2, 0.25) is 0 Å². The van der Waals surface area contributed by atoms with Crippen molar-refractivity contribution < 1.29 is 29.0 Å². The number of aryl methyl sites for hydroxylation is 1. The molecular formula is C16H21N7O6S3. The van der Waals surface area contributed by atoms with Crippen LogP contribution < -0.4 is 10.6 Å². The van der Waals surface area contributed by atoms with Crippen LogP contribution in [0.15, 0.2) is 16.4 Å². The molecule has 1 aromatic rings. The van der Waals surface area contributed by atoms with Gasteiger partial charge in [0.15, 0.2) is 5.37 Å². The molecule has 1 unspecified atom stereocenters. The van der Waals surface area contributed by atoms with Crippen LogP contribution in [0.5, 0.6) is 0 Å². The maximum Gasteiger partial charge on any atom is 0.352 e. The Morgan fingerprint density at radius 2 is 2.25 bits per heavy atom. The molecule has 2 aliphatic rings. The molecule has 1 saturated heterocycles. The molecule has 13 nitrogen and oxygen atoms in total. The lowest BCUT2D eigenvalue weighted by molar-refractivity contribution is -0.192. The Labute approximate surface area is 195 Å². The van der Waals surface area contributed by atoms with E-state index < -0.39 is 34.3 Å². The highest BCUT2D eigenvalue weighted by molar-refractivity contribution is 8.01. The second-order valence-corrected chi connectivity index (χ2v) is 9.91. The van der Waals surface area contributed by atoms with Crippen LogP contribution in [0.1, 0.15) is 6.92 Å². The van der Waals surface area contributed by atoms with E-state index in [1.165, 1.54) is 47.1 Å². The molecular weight excluding hydrogens is 482 g/mol. The van der Waals surface area contributed by atoms with Crippen molar-refractivity contribution in [3.63, 3.8) is 0 Å². The van der Waals surface area contributed by atoms with Gasteiger partial charge in [-0.1, -0.05) is 18.7 Å². The maximum absolute atomic E-state index is 13.1. The van der Waals surface area contributed by atoms with E-state index in [0.717, 1.165) is 4.90 Å². The molecule has 0 spiro atoms. The van der Waals surface area contributed by atoms with Crippen molar-refractivity contribution >= 4 is 59.5 Å². The highest BCUT2D eigenvalue weighted by Crippen LogP contribution is 2.47. The minimum atomic E-state index is -1.73. The summed E-state index contributed by atoms with van der Waals surface area (Å²) in [6, 6.07) is 0. The Morgan fingerprint density at radius 3 is 2.81 bits per heavy atom. The normalized spacial score (nSPS) is 23.3. The van der Waals surface area contributed by atoms with Gasteiger partial charge in [0.2, 0.25) is 11.6 Å². The number of hydrogen-bond donors (Lipinski definition) is 3. The Kier molecular flexibility index (Phi) is 7.68. The van der Waals surface area contributed by atoms with Gasteiger partial charge < -0.3 is 20.5 Å². The average Bonchev–Trinajstić information content (AvgIpc) is 3.19. The summed E-state index contributed by atoms with van der Waals surface area (Å²) in [4.78, 5) is 49.8. The second-order valence-electron chi connectivity index (χ2n) is 6.52. The van der Waals surface area contributed by atoms with Crippen molar-refractivity contribution in [3.05, 3.63) is 11.3 Å². The van der Waals surface area contributed by atoms with Gasteiger partial charge in [-0.15, -0.1) is 28.6 Å². The molecule has 3 heterocycles. The Hall–Kier alpha value is -2.30. The molecule has 174 valence electrons. The number of hydrogen-bond acceptors (Lipinski definition) is 11. The molecule has 2 aliphatic heterocycles. The van der Waals surface area contributed by atoms with Crippen molar-refractivity contribution in [3.8, 4) is 0 Å². The van der Waals surface area contributed by atoms with Gasteiger partial charge in [0.1, 0.15) is 11.1 Å². The fraction of sp³-hybridized carbons (Fsp3) is 0.562. The number of methoxy groups -OCH3 is 1. The van der Waals surface area contributed by atoms with Gasteiger partial charge in [-0.25, -0.2) is 9.48 Å². The molecule has 32 heavy (non-hydrogen) atoms. The summed E-state index contributed by atoms with van der Waals surface area (Å²) >= 11 is 3.70. The number of rotatable bonds is 11. The summed E-state index contributed by atoms with van der Waals surface area (Å²) in [6.45, 7) is 1.82. The first-order valence-electron chi connectivity index (χ1n) is 9.24. The molecule has 3 N–H and O–H groups in total. The van der Waals surface area contributed by atoms with E-state index in [4.69, 9.17) is 4.74 Å². The van der Waals surface area contributed by atoms with E-state index in [1.807, 2.05) is 6.92 Å². The third-order valence-corrected chi connectivity index (χ3v) is 8.18. The van der Waals surface area contributed by atoms with Crippen LogP contribution in [0, 0.1) is 0 Å². The van der Waals surface area contributed by atoms with Gasteiger partial charge in [0.05, 0.1) is 0 Å². The van der Waals surface area contributed by atoms with E-state index >= 15 is 0 Å². The fourth-order valence-corrected chi connectivity index (χ4v) is 6.35. The molecule has 0 radical (unpaired) electrons. The molecule has 0 aromatic carbocycles. The quantitative estimate of drug-likeness (QED) is 0.144. The van der Waals surface area contributed by atoms with E-state index in [9.17, 15) is 24.3 Å². The number of ether oxygens (including phenoxy) is 1. The Bertz CT molecular complexity index is 956. The number of carbonyl (C=O) groups is 4. The van der Waals surface area contributed by atoms with E-state index in [0.29, 0.717) is 28.6 Å². The minimum absolute atomic E-state index is 0.145. The Balaban J connectivity index is 1.82. The zero-order valence-corrected chi connectivity index (χ0v) is 19.8. The van der Waals surface area contributed by atoms with Gasteiger partial charge in [-0.3, -0.25) is 19.3 Å². The summed E-state index contributed by atoms with van der Waals surface area (Å²) in [7, 11) is 2.93. The first-order valence-corrected chi connectivity index (χ1v) is 12.3. The van der Waals surface area contributed by atoms with Crippen LogP contribution in [0.25, 0.3) is 0 Å². The summed E-state index contributed by atoms with van der Waals surface area (Å²) < 4.78 is 6.87. The molecule has 16 heteroatoms. The number of aliphatic carboxylic acids is 1. The van der Waals surface area contributed by atoms with Crippen LogP contribution in [-0.2, 0) is 31.0 Å². The lowest BCUT2D eigenvalue weighted by atomic mass is 9.98. The number of tetrazole rings is 1. The third-order valence-electron chi connectivity index (χ3n) is 4.69. The number of nitrogens with one attached hydrogen (secondary N) is 2. The Morgan fingerprint density at radius 1 is 1.50 bits per heavy atom. The van der Waals surface area contributed by atoms with Crippen LogP contribution in [0.3, 0.4) is 0 Å². The number of carbonyl (C=O) groups excluding carboxylic acids is 3. The zero-order chi connectivity index (χ0) is 23.5. The number of aromatic nitrogens is 4. The van der Waals surface area contributed by atoms with Crippen LogP contribution in [0.4, 0.5) is 0 Å². The molecule has 0 bridgehead atoms. The molecule has 0 aliphatic carbocycles. The first-order chi connectivity index (χ1) is 15.3. The van der Waals surface area contributed by atoms with Gasteiger partial charge in [-0.2, -0.15) is 0 Å². The van der Waals surface area contributed by atoms with Crippen LogP contribution >= 0.6 is 35.3 Å². The number of thioether (sulfide) groups is 3. The zero-order valence-electron chi connectivity index (χ0n) is 17.3. The minimum Gasteiger partial charge on any atom is -0.477 e. The predicted octanol–water partition coefficient (Wildman–Crippen LogP) is -1.16. The lowest BCUT2D eigenvalue weighted by Crippen LogP contribution is -2.81. The highest BCUT2D eigenvalue weighted by Gasteiger charge is 2.66.